The van der Waals surface area contributed by atoms with E-state index < -0.39 is 0 Å². The van der Waals surface area contributed by atoms with E-state index in [1.54, 1.807) is 25.2 Å². The third kappa shape index (κ3) is 11.3. The summed E-state index contributed by atoms with van der Waals surface area (Å²) in [6, 6.07) is 6.40. The number of hydrogen-bond donors (Lipinski definition) is 2. The lowest BCUT2D eigenvalue weighted by molar-refractivity contribution is 0.0548. The zero-order valence-electron chi connectivity index (χ0n) is 17.0. The number of nitrogens with zero attached hydrogens (tertiary/aromatic N) is 2. The fourth-order valence-electron chi connectivity index (χ4n) is 2.35. The Morgan fingerprint density at radius 3 is 2.48 bits per heavy atom. The molecule has 0 saturated carbocycles. The quantitative estimate of drug-likeness (QED) is 0.281. The number of benzene rings is 1. The number of ether oxygens (including phenoxy) is 2. The van der Waals surface area contributed by atoms with Crippen LogP contribution in [0.3, 0.4) is 0 Å². The first-order valence-corrected chi connectivity index (χ1v) is 9.08. The molecule has 27 heavy (non-hydrogen) atoms. The van der Waals surface area contributed by atoms with Crippen molar-refractivity contribution in [1.82, 2.24) is 15.5 Å². The average molecular weight is 496 g/mol. The Labute approximate surface area is 179 Å². The second kappa shape index (κ2) is 14.9. The maximum atomic E-state index is 13.6. The number of aliphatic imine (C=N–C) groups is 1. The third-order valence-electron chi connectivity index (χ3n) is 3.74. The van der Waals surface area contributed by atoms with Crippen LogP contribution >= 0.6 is 24.0 Å². The Hall–Kier alpha value is -1.13. The number of hydrogen-bond acceptors (Lipinski definition) is 4. The van der Waals surface area contributed by atoms with E-state index in [1.807, 2.05) is 27.9 Å². The molecule has 0 saturated heterocycles. The Kier molecular flexibility index (Phi) is 14.2. The summed E-state index contributed by atoms with van der Waals surface area (Å²) in [6.07, 6.45) is 0.854. The van der Waals surface area contributed by atoms with Gasteiger partial charge in [-0.2, -0.15) is 0 Å². The van der Waals surface area contributed by atoms with Crippen LogP contribution in [0.2, 0.25) is 0 Å². The molecule has 1 rings (SSSR count). The zero-order valence-corrected chi connectivity index (χ0v) is 19.3. The number of nitrogens with one attached hydrogen (secondary N) is 2. The normalized spacial score (nSPS) is 13.7. The standard InChI is InChI=1S/C19H33FN4O2.HI/c1-6-25-16(11-12-24(4)5)14-23-19(21-3)22-13-15(2)26-18-10-8-7-9-17(18)20;/h7-10,15-16H,6,11-14H2,1-5H3,(H2,21,22,23);1H. The van der Waals surface area contributed by atoms with Crippen molar-refractivity contribution in [3.05, 3.63) is 30.1 Å². The van der Waals surface area contributed by atoms with E-state index >= 15 is 0 Å². The molecule has 6 nitrogen and oxygen atoms in total. The van der Waals surface area contributed by atoms with Crippen LogP contribution < -0.4 is 15.4 Å². The first kappa shape index (κ1) is 25.9. The van der Waals surface area contributed by atoms with E-state index in [-0.39, 0.29) is 47.8 Å². The topological polar surface area (TPSA) is 58.1 Å². The highest BCUT2D eigenvalue weighted by Gasteiger charge is 2.12. The van der Waals surface area contributed by atoms with Crippen molar-refractivity contribution in [3.63, 3.8) is 0 Å². The first-order chi connectivity index (χ1) is 12.5. The molecule has 156 valence electrons. The maximum Gasteiger partial charge on any atom is 0.191 e. The predicted octanol–water partition coefficient (Wildman–Crippen LogP) is 2.73. The van der Waals surface area contributed by atoms with Crippen LogP contribution in [-0.4, -0.2) is 70.5 Å². The van der Waals surface area contributed by atoms with Gasteiger partial charge in [0, 0.05) is 26.7 Å². The Morgan fingerprint density at radius 1 is 1.22 bits per heavy atom. The molecular formula is C19H34FIN4O2. The van der Waals surface area contributed by atoms with Crippen LogP contribution in [-0.2, 0) is 4.74 Å². The minimum atomic E-state index is -0.359. The van der Waals surface area contributed by atoms with Crippen molar-refractivity contribution in [2.75, 3.05) is 47.4 Å². The van der Waals surface area contributed by atoms with E-state index in [2.05, 4.69) is 20.5 Å². The van der Waals surface area contributed by atoms with Crippen molar-refractivity contribution in [2.45, 2.75) is 32.5 Å². The number of guanidine groups is 1. The van der Waals surface area contributed by atoms with Gasteiger partial charge in [0.25, 0.3) is 0 Å². The number of para-hydroxylation sites is 1. The first-order valence-electron chi connectivity index (χ1n) is 9.08. The highest BCUT2D eigenvalue weighted by molar-refractivity contribution is 14.0. The van der Waals surface area contributed by atoms with Gasteiger partial charge in [-0.05, 0) is 46.5 Å². The Morgan fingerprint density at radius 2 is 1.89 bits per heavy atom. The van der Waals surface area contributed by atoms with Gasteiger partial charge in [0.1, 0.15) is 6.10 Å². The summed E-state index contributed by atoms with van der Waals surface area (Å²) in [7, 11) is 5.81. The number of rotatable bonds is 11. The fraction of sp³-hybridized carbons (Fsp3) is 0.632. The molecule has 8 heteroatoms. The van der Waals surface area contributed by atoms with Crippen molar-refractivity contribution >= 4 is 29.9 Å². The summed E-state index contributed by atoms with van der Waals surface area (Å²) in [5.41, 5.74) is 0. The van der Waals surface area contributed by atoms with E-state index in [9.17, 15) is 4.39 Å². The zero-order chi connectivity index (χ0) is 19.4. The number of halogens is 2. The molecule has 0 radical (unpaired) electrons. The van der Waals surface area contributed by atoms with Crippen LogP contribution in [0.15, 0.2) is 29.3 Å². The molecule has 2 unspecified atom stereocenters. The molecule has 2 atom stereocenters. The largest absolute Gasteiger partial charge is 0.486 e. The lowest BCUT2D eigenvalue weighted by atomic mass is 10.2. The average Bonchev–Trinajstić information content (AvgIpc) is 2.61. The van der Waals surface area contributed by atoms with Gasteiger partial charge in [0.15, 0.2) is 17.5 Å². The fourth-order valence-corrected chi connectivity index (χ4v) is 2.35. The van der Waals surface area contributed by atoms with Crippen molar-refractivity contribution in [3.8, 4) is 5.75 Å². The molecule has 0 heterocycles. The summed E-state index contributed by atoms with van der Waals surface area (Å²) in [4.78, 5) is 6.35. The lowest BCUT2D eigenvalue weighted by Crippen LogP contribution is -2.45. The van der Waals surface area contributed by atoms with E-state index in [1.165, 1.54) is 6.07 Å². The van der Waals surface area contributed by atoms with Gasteiger partial charge < -0.3 is 25.0 Å². The summed E-state index contributed by atoms with van der Waals surface area (Å²) < 4.78 is 25.0. The van der Waals surface area contributed by atoms with Crippen LogP contribution in [0.4, 0.5) is 4.39 Å². The maximum absolute atomic E-state index is 13.6. The minimum Gasteiger partial charge on any atom is -0.486 e. The highest BCUT2D eigenvalue weighted by atomic mass is 127. The molecule has 0 spiro atoms. The van der Waals surface area contributed by atoms with Crippen LogP contribution in [0.1, 0.15) is 20.3 Å². The molecule has 0 aliphatic rings. The molecule has 0 fully saturated rings. The molecule has 1 aromatic carbocycles. The van der Waals surface area contributed by atoms with E-state index in [4.69, 9.17) is 9.47 Å². The van der Waals surface area contributed by atoms with Crippen LogP contribution in [0.5, 0.6) is 5.75 Å². The van der Waals surface area contributed by atoms with Gasteiger partial charge in [0.2, 0.25) is 0 Å². The van der Waals surface area contributed by atoms with Gasteiger partial charge >= 0.3 is 0 Å². The molecule has 0 aliphatic heterocycles. The van der Waals surface area contributed by atoms with Gasteiger partial charge in [-0.25, -0.2) is 4.39 Å². The third-order valence-corrected chi connectivity index (χ3v) is 3.74. The SMILES string of the molecule is CCOC(CCN(C)C)CNC(=NC)NCC(C)Oc1ccccc1F.I. The van der Waals surface area contributed by atoms with Crippen LogP contribution in [0.25, 0.3) is 0 Å². The van der Waals surface area contributed by atoms with Gasteiger partial charge in [-0.1, -0.05) is 12.1 Å². The molecule has 1 aromatic rings. The minimum absolute atomic E-state index is 0. The summed E-state index contributed by atoms with van der Waals surface area (Å²) in [6.45, 7) is 6.70. The summed E-state index contributed by atoms with van der Waals surface area (Å²) in [5, 5.41) is 6.47. The lowest BCUT2D eigenvalue weighted by Gasteiger charge is -2.22. The van der Waals surface area contributed by atoms with E-state index in [0.717, 1.165) is 13.0 Å². The van der Waals surface area contributed by atoms with Gasteiger partial charge in [-0.15, -0.1) is 24.0 Å². The van der Waals surface area contributed by atoms with Crippen molar-refractivity contribution < 1.29 is 13.9 Å². The predicted molar refractivity (Wildman–Crippen MR) is 120 cm³/mol. The molecule has 0 bridgehead atoms. The smallest absolute Gasteiger partial charge is 0.191 e. The molecule has 0 amide bonds. The Balaban J connectivity index is 0.00000676. The highest BCUT2D eigenvalue weighted by Crippen LogP contribution is 2.16. The second-order valence-electron chi connectivity index (χ2n) is 6.36. The van der Waals surface area contributed by atoms with E-state index in [0.29, 0.717) is 25.7 Å². The molecule has 0 aromatic heterocycles. The monoisotopic (exact) mass is 496 g/mol. The van der Waals surface area contributed by atoms with Gasteiger partial charge in [0.05, 0.1) is 12.6 Å². The van der Waals surface area contributed by atoms with Crippen molar-refractivity contribution in [1.29, 1.82) is 0 Å². The van der Waals surface area contributed by atoms with Gasteiger partial charge in [-0.3, -0.25) is 4.99 Å². The summed E-state index contributed by atoms with van der Waals surface area (Å²) >= 11 is 0. The Bertz CT molecular complexity index is 546. The summed E-state index contributed by atoms with van der Waals surface area (Å²) in [5.74, 6) is 0.565. The second-order valence-corrected chi connectivity index (χ2v) is 6.36. The van der Waals surface area contributed by atoms with Crippen LogP contribution in [0, 0.1) is 5.82 Å². The molecule has 2 N–H and O–H groups in total. The molecular weight excluding hydrogens is 462 g/mol. The molecule has 0 aliphatic carbocycles. The van der Waals surface area contributed by atoms with Crippen molar-refractivity contribution in [2.24, 2.45) is 4.99 Å².